The maximum Gasteiger partial charge on any atom is 0.416 e. The van der Waals surface area contributed by atoms with Gasteiger partial charge in [0, 0.05) is 5.69 Å². The van der Waals surface area contributed by atoms with Gasteiger partial charge in [-0.3, -0.25) is 0 Å². The predicted octanol–water partition coefficient (Wildman–Crippen LogP) is 2.35. The highest BCUT2D eigenvalue weighted by atomic mass is 19.4. The fourth-order valence-electron chi connectivity index (χ4n) is 1.12. The van der Waals surface area contributed by atoms with Gasteiger partial charge in [0.15, 0.2) is 0 Å². The van der Waals surface area contributed by atoms with Gasteiger partial charge in [-0.05, 0) is 23.8 Å². The van der Waals surface area contributed by atoms with Gasteiger partial charge in [-0.1, -0.05) is 0 Å². The summed E-state index contributed by atoms with van der Waals surface area (Å²) in [5, 5.41) is 8.34. The minimum absolute atomic E-state index is 0.0833. The average Bonchev–Trinajstić information content (AvgIpc) is 2.02. The molecule has 0 atom stereocenters. The second-order valence-electron chi connectivity index (χ2n) is 2.75. The quantitative estimate of drug-likeness (QED) is 0.707. The first-order valence-electron chi connectivity index (χ1n) is 3.77. The van der Waals surface area contributed by atoms with Crippen molar-refractivity contribution < 1.29 is 13.2 Å². The van der Waals surface area contributed by atoms with E-state index in [1.54, 1.807) is 6.07 Å². The van der Waals surface area contributed by atoms with Crippen LogP contribution in [0.1, 0.15) is 11.1 Å². The SMILES string of the molecule is N#CCc1cc(N)ccc1C(F)(F)F. The molecule has 2 nitrogen and oxygen atoms in total. The van der Waals surface area contributed by atoms with E-state index in [-0.39, 0.29) is 17.7 Å². The molecule has 0 heterocycles. The molecule has 1 aromatic carbocycles. The lowest BCUT2D eigenvalue weighted by atomic mass is 10.0. The van der Waals surface area contributed by atoms with Gasteiger partial charge < -0.3 is 5.73 Å². The van der Waals surface area contributed by atoms with Crippen molar-refractivity contribution in [1.29, 1.82) is 5.26 Å². The molecule has 1 rings (SSSR count). The first-order chi connectivity index (χ1) is 6.45. The smallest absolute Gasteiger partial charge is 0.399 e. The number of halogens is 3. The van der Waals surface area contributed by atoms with Crippen molar-refractivity contribution in [2.24, 2.45) is 0 Å². The minimum atomic E-state index is -4.43. The van der Waals surface area contributed by atoms with Crippen LogP contribution >= 0.6 is 0 Å². The Bertz CT molecular complexity index is 377. The van der Waals surface area contributed by atoms with E-state index >= 15 is 0 Å². The summed E-state index contributed by atoms with van der Waals surface area (Å²) in [6, 6.07) is 4.90. The van der Waals surface area contributed by atoms with Crippen LogP contribution in [0.2, 0.25) is 0 Å². The highest BCUT2D eigenvalue weighted by molar-refractivity contribution is 5.46. The third-order valence-electron chi connectivity index (χ3n) is 1.70. The van der Waals surface area contributed by atoms with Crippen LogP contribution < -0.4 is 5.73 Å². The van der Waals surface area contributed by atoms with E-state index in [0.717, 1.165) is 6.07 Å². The molecule has 0 radical (unpaired) electrons. The lowest BCUT2D eigenvalue weighted by molar-refractivity contribution is -0.138. The first kappa shape index (κ1) is 10.4. The zero-order valence-corrected chi connectivity index (χ0v) is 7.10. The molecule has 14 heavy (non-hydrogen) atoms. The van der Waals surface area contributed by atoms with Crippen LogP contribution in [-0.2, 0) is 12.6 Å². The second-order valence-corrected chi connectivity index (χ2v) is 2.75. The van der Waals surface area contributed by atoms with E-state index in [2.05, 4.69) is 0 Å². The summed E-state index contributed by atoms with van der Waals surface area (Å²) in [5.41, 5.74) is 4.67. The monoisotopic (exact) mass is 200 g/mol. The van der Waals surface area contributed by atoms with Crippen molar-refractivity contribution in [3.05, 3.63) is 29.3 Å². The van der Waals surface area contributed by atoms with E-state index in [1.165, 1.54) is 12.1 Å². The summed E-state index contributed by atoms with van der Waals surface area (Å²) in [6.45, 7) is 0. The highest BCUT2D eigenvalue weighted by Gasteiger charge is 2.32. The number of nitrogens with two attached hydrogens (primary N) is 1. The topological polar surface area (TPSA) is 49.8 Å². The number of benzene rings is 1. The van der Waals surface area contributed by atoms with Crippen molar-refractivity contribution in [3.8, 4) is 6.07 Å². The number of nitriles is 1. The molecule has 0 aliphatic rings. The summed E-state index contributed by atoms with van der Waals surface area (Å²) in [5.74, 6) is 0. The second kappa shape index (κ2) is 3.58. The Kier molecular flexibility index (Phi) is 2.65. The molecule has 0 bridgehead atoms. The van der Waals surface area contributed by atoms with Crippen LogP contribution in [0.3, 0.4) is 0 Å². The van der Waals surface area contributed by atoms with Gasteiger partial charge >= 0.3 is 6.18 Å². The third kappa shape index (κ3) is 2.16. The molecule has 2 N–H and O–H groups in total. The molecule has 0 amide bonds. The molecule has 0 aromatic heterocycles. The highest BCUT2D eigenvalue weighted by Crippen LogP contribution is 2.32. The molecule has 5 heteroatoms. The Balaban J connectivity index is 3.23. The molecule has 0 aliphatic heterocycles. The van der Waals surface area contributed by atoms with Gasteiger partial charge in [-0.15, -0.1) is 0 Å². The molecular weight excluding hydrogens is 193 g/mol. The molecular formula is C9H7F3N2. The first-order valence-corrected chi connectivity index (χ1v) is 3.77. The van der Waals surface area contributed by atoms with Crippen molar-refractivity contribution >= 4 is 5.69 Å². The fraction of sp³-hybridized carbons (Fsp3) is 0.222. The minimum Gasteiger partial charge on any atom is -0.399 e. The fourth-order valence-corrected chi connectivity index (χ4v) is 1.12. The zero-order valence-electron chi connectivity index (χ0n) is 7.10. The zero-order chi connectivity index (χ0) is 10.8. The van der Waals surface area contributed by atoms with Crippen molar-refractivity contribution in [1.82, 2.24) is 0 Å². The number of nitrogen functional groups attached to an aromatic ring is 1. The predicted molar refractivity (Wildman–Crippen MR) is 45.2 cm³/mol. The number of hydrogen-bond donors (Lipinski definition) is 1. The number of anilines is 1. The maximum atomic E-state index is 12.4. The molecule has 0 spiro atoms. The number of hydrogen-bond acceptors (Lipinski definition) is 2. The molecule has 0 unspecified atom stereocenters. The van der Waals surface area contributed by atoms with Crippen molar-refractivity contribution in [3.63, 3.8) is 0 Å². The summed E-state index contributed by atoms with van der Waals surface area (Å²) in [6.07, 6.45) is -4.72. The largest absolute Gasteiger partial charge is 0.416 e. The van der Waals surface area contributed by atoms with Crippen molar-refractivity contribution in [2.45, 2.75) is 12.6 Å². The molecule has 0 saturated heterocycles. The maximum absolute atomic E-state index is 12.4. The standard InChI is InChI=1S/C9H7F3N2/c10-9(11,12)8-2-1-7(14)5-6(8)3-4-13/h1-2,5H,3,14H2. The molecule has 1 aromatic rings. The molecule has 74 valence electrons. The molecule has 0 fully saturated rings. The van der Waals surface area contributed by atoms with Crippen LogP contribution in [0, 0.1) is 11.3 Å². The van der Waals surface area contributed by atoms with E-state index in [1.807, 2.05) is 0 Å². The van der Waals surface area contributed by atoms with Crippen LogP contribution in [0.25, 0.3) is 0 Å². The third-order valence-corrected chi connectivity index (χ3v) is 1.70. The average molecular weight is 200 g/mol. The number of nitrogens with zero attached hydrogens (tertiary/aromatic N) is 1. The Morgan fingerprint density at radius 3 is 2.50 bits per heavy atom. The van der Waals surface area contributed by atoms with E-state index in [4.69, 9.17) is 11.0 Å². The lowest BCUT2D eigenvalue weighted by Gasteiger charge is -2.10. The summed E-state index contributed by atoms with van der Waals surface area (Å²) in [7, 11) is 0. The van der Waals surface area contributed by atoms with E-state index in [0.29, 0.717) is 0 Å². The van der Waals surface area contributed by atoms with Gasteiger partial charge in [-0.25, -0.2) is 0 Å². The van der Waals surface area contributed by atoms with Gasteiger partial charge in [0.25, 0.3) is 0 Å². The molecule has 0 aliphatic carbocycles. The normalized spacial score (nSPS) is 11.0. The van der Waals surface area contributed by atoms with Gasteiger partial charge in [-0.2, -0.15) is 18.4 Å². The Labute approximate surface area is 78.8 Å². The van der Waals surface area contributed by atoms with E-state index < -0.39 is 11.7 Å². The van der Waals surface area contributed by atoms with Crippen LogP contribution in [-0.4, -0.2) is 0 Å². The lowest BCUT2D eigenvalue weighted by Crippen LogP contribution is -2.09. The number of rotatable bonds is 1. The Morgan fingerprint density at radius 1 is 1.36 bits per heavy atom. The summed E-state index contributed by atoms with van der Waals surface area (Å²) >= 11 is 0. The Hall–Kier alpha value is -1.70. The van der Waals surface area contributed by atoms with Gasteiger partial charge in [0.1, 0.15) is 0 Å². The van der Waals surface area contributed by atoms with Crippen LogP contribution in [0.5, 0.6) is 0 Å². The van der Waals surface area contributed by atoms with Gasteiger partial charge in [0.05, 0.1) is 18.1 Å². The summed E-state index contributed by atoms with van der Waals surface area (Å²) < 4.78 is 37.1. The van der Waals surface area contributed by atoms with E-state index in [9.17, 15) is 13.2 Å². The summed E-state index contributed by atoms with van der Waals surface area (Å²) in [4.78, 5) is 0. The number of alkyl halides is 3. The Morgan fingerprint density at radius 2 is 2.00 bits per heavy atom. The van der Waals surface area contributed by atoms with Crippen LogP contribution in [0.15, 0.2) is 18.2 Å². The van der Waals surface area contributed by atoms with Crippen LogP contribution in [0.4, 0.5) is 18.9 Å². The van der Waals surface area contributed by atoms with Crippen molar-refractivity contribution in [2.75, 3.05) is 5.73 Å². The van der Waals surface area contributed by atoms with Gasteiger partial charge in [0.2, 0.25) is 0 Å². The molecule has 0 saturated carbocycles.